The Bertz CT molecular complexity index is 1120. The van der Waals surface area contributed by atoms with Gasteiger partial charge in [-0.1, -0.05) is 35.9 Å². The number of pyridine rings is 1. The quantitative estimate of drug-likeness (QED) is 0.338. The number of rotatable bonds is 7. The molecule has 2 aromatic carbocycles. The molecular weight excluding hydrogens is 434 g/mol. The Balaban J connectivity index is 1.48. The summed E-state index contributed by atoms with van der Waals surface area (Å²) in [6.45, 7) is 4.63. The van der Waals surface area contributed by atoms with Gasteiger partial charge in [0.25, 0.3) is 0 Å². The van der Waals surface area contributed by atoms with Gasteiger partial charge in [0, 0.05) is 43.8 Å². The number of urea groups is 1. The summed E-state index contributed by atoms with van der Waals surface area (Å²) in [6, 6.07) is 22.0. The van der Waals surface area contributed by atoms with Crippen LogP contribution in [0.25, 0.3) is 0 Å². The predicted octanol–water partition coefficient (Wildman–Crippen LogP) is 7.42. The van der Waals surface area contributed by atoms with Gasteiger partial charge in [0.1, 0.15) is 11.5 Å². The fourth-order valence-electron chi connectivity index (χ4n) is 4.69. The lowest BCUT2D eigenvalue weighted by atomic mass is 9.81. The van der Waals surface area contributed by atoms with Crippen LogP contribution in [0.2, 0.25) is 0 Å². The number of benzene rings is 2. The van der Waals surface area contributed by atoms with E-state index in [4.69, 9.17) is 4.74 Å². The van der Waals surface area contributed by atoms with Gasteiger partial charge < -0.3 is 9.64 Å². The molecule has 0 atom stereocenters. The summed E-state index contributed by atoms with van der Waals surface area (Å²) in [7, 11) is 1.94. The fraction of sp³-hybridized carbons (Fsp3) is 0.333. The topological polar surface area (TPSA) is 45.7 Å². The second kappa shape index (κ2) is 11.7. The monoisotopic (exact) mass is 469 g/mol. The minimum Gasteiger partial charge on any atom is -0.457 e. The first-order chi connectivity index (χ1) is 17.0. The maximum absolute atomic E-state index is 13.8. The zero-order valence-electron chi connectivity index (χ0n) is 20.9. The van der Waals surface area contributed by atoms with E-state index >= 15 is 0 Å². The lowest BCUT2D eigenvalue weighted by molar-refractivity contribution is 0.176. The van der Waals surface area contributed by atoms with Crippen molar-refractivity contribution in [3.8, 4) is 11.5 Å². The van der Waals surface area contributed by atoms with E-state index in [9.17, 15) is 4.79 Å². The number of allylic oxidation sites excluding steroid dienone is 1. The number of ether oxygens (including phenoxy) is 1. The molecule has 0 saturated heterocycles. The van der Waals surface area contributed by atoms with Crippen LogP contribution in [0.1, 0.15) is 51.0 Å². The van der Waals surface area contributed by atoms with E-state index in [0.29, 0.717) is 18.2 Å². The normalized spacial score (nSPS) is 17.3. The third-order valence-electron chi connectivity index (χ3n) is 6.74. The Morgan fingerprint density at radius 2 is 1.63 bits per heavy atom. The van der Waals surface area contributed by atoms with Crippen molar-refractivity contribution in [2.24, 2.45) is 0 Å². The molecule has 0 bridgehead atoms. The predicted molar refractivity (Wildman–Crippen MR) is 142 cm³/mol. The maximum Gasteiger partial charge on any atom is 0.324 e. The molecular formula is C30H35N3O2. The summed E-state index contributed by atoms with van der Waals surface area (Å²) >= 11 is 0. The molecule has 1 heterocycles. The second-order valence-corrected chi connectivity index (χ2v) is 9.48. The number of hydrogen-bond acceptors (Lipinski definition) is 3. The summed E-state index contributed by atoms with van der Waals surface area (Å²) in [5, 5.41) is 0. The van der Waals surface area contributed by atoms with Gasteiger partial charge in [0.15, 0.2) is 0 Å². The molecule has 0 aliphatic heterocycles. The van der Waals surface area contributed by atoms with Crippen LogP contribution in [-0.2, 0) is 0 Å². The van der Waals surface area contributed by atoms with Crippen molar-refractivity contribution in [1.29, 1.82) is 0 Å². The van der Waals surface area contributed by atoms with Crippen LogP contribution in [0.3, 0.4) is 0 Å². The average molecular weight is 470 g/mol. The molecule has 1 saturated carbocycles. The van der Waals surface area contributed by atoms with Crippen LogP contribution in [0.5, 0.6) is 11.5 Å². The lowest BCUT2D eigenvalue weighted by Crippen LogP contribution is -2.47. The highest BCUT2D eigenvalue weighted by Gasteiger charge is 2.30. The summed E-state index contributed by atoms with van der Waals surface area (Å²) in [6.07, 6.45) is 10.0. The first-order valence-electron chi connectivity index (χ1n) is 12.4. The fourth-order valence-corrected chi connectivity index (χ4v) is 4.69. The van der Waals surface area contributed by atoms with Gasteiger partial charge in [-0.3, -0.25) is 9.88 Å². The molecule has 1 fully saturated rings. The van der Waals surface area contributed by atoms with Gasteiger partial charge in [0.05, 0.1) is 0 Å². The molecule has 2 amide bonds. The summed E-state index contributed by atoms with van der Waals surface area (Å²) in [5.74, 6) is 2.03. The number of para-hydroxylation sites is 1. The van der Waals surface area contributed by atoms with E-state index < -0.39 is 0 Å². The smallest absolute Gasteiger partial charge is 0.324 e. The van der Waals surface area contributed by atoms with E-state index in [1.54, 1.807) is 0 Å². The van der Waals surface area contributed by atoms with Gasteiger partial charge in [-0.05, 0) is 87.4 Å². The molecule has 4 rings (SSSR count). The first kappa shape index (κ1) is 24.5. The number of anilines is 1. The maximum atomic E-state index is 13.8. The Kier molecular flexibility index (Phi) is 8.19. The van der Waals surface area contributed by atoms with Gasteiger partial charge in [-0.2, -0.15) is 0 Å². The molecule has 1 aliphatic carbocycles. The molecule has 3 aromatic rings. The molecule has 0 radical (unpaired) electrons. The van der Waals surface area contributed by atoms with Gasteiger partial charge in [0.2, 0.25) is 0 Å². The van der Waals surface area contributed by atoms with E-state index in [-0.39, 0.29) is 12.1 Å². The van der Waals surface area contributed by atoms with Crippen LogP contribution >= 0.6 is 0 Å². The van der Waals surface area contributed by atoms with Crippen molar-refractivity contribution in [1.82, 2.24) is 9.88 Å². The van der Waals surface area contributed by atoms with Crippen molar-refractivity contribution in [2.45, 2.75) is 51.5 Å². The number of amides is 2. The number of hydrogen-bond donors (Lipinski definition) is 0. The zero-order chi connectivity index (χ0) is 24.6. The van der Waals surface area contributed by atoms with Crippen molar-refractivity contribution in [2.75, 3.05) is 18.5 Å². The Hall–Kier alpha value is -3.60. The van der Waals surface area contributed by atoms with E-state index in [1.807, 2.05) is 83.8 Å². The van der Waals surface area contributed by atoms with Crippen molar-refractivity contribution in [3.05, 3.63) is 96.3 Å². The van der Waals surface area contributed by atoms with Crippen LogP contribution in [-0.4, -0.2) is 35.5 Å². The highest BCUT2D eigenvalue weighted by Crippen LogP contribution is 2.35. The molecule has 35 heavy (non-hydrogen) atoms. The van der Waals surface area contributed by atoms with E-state index in [0.717, 1.165) is 37.1 Å². The van der Waals surface area contributed by atoms with Crippen molar-refractivity contribution < 1.29 is 9.53 Å². The standard InChI is InChI=1S/C30H35N3O2/c1-23(2)18-21-33(27-8-7-11-29(22-27)35-28-9-5-4-6-10-28)30(34)32(3)26-14-12-24(13-15-26)25-16-19-31-20-17-25/h4-11,16-20,22,24,26H,12-15,21H2,1-3H3. The van der Waals surface area contributed by atoms with Crippen molar-refractivity contribution >= 4 is 11.7 Å². The van der Waals surface area contributed by atoms with Gasteiger partial charge in [-0.15, -0.1) is 0 Å². The van der Waals surface area contributed by atoms with Gasteiger partial charge in [-0.25, -0.2) is 4.79 Å². The van der Waals surface area contributed by atoms with Crippen LogP contribution < -0.4 is 9.64 Å². The van der Waals surface area contributed by atoms with Crippen LogP contribution in [0.4, 0.5) is 10.5 Å². The minimum atomic E-state index is 0.0201. The molecule has 5 nitrogen and oxygen atoms in total. The number of nitrogens with zero attached hydrogens (tertiary/aromatic N) is 3. The molecule has 1 aliphatic rings. The Morgan fingerprint density at radius 3 is 2.31 bits per heavy atom. The number of carbonyl (C=O) groups is 1. The summed E-state index contributed by atoms with van der Waals surface area (Å²) in [4.78, 5) is 21.7. The van der Waals surface area contributed by atoms with Crippen LogP contribution in [0, 0.1) is 0 Å². The van der Waals surface area contributed by atoms with Crippen LogP contribution in [0.15, 0.2) is 90.8 Å². The third-order valence-corrected chi connectivity index (χ3v) is 6.74. The Morgan fingerprint density at radius 1 is 0.943 bits per heavy atom. The van der Waals surface area contributed by atoms with Crippen molar-refractivity contribution in [3.63, 3.8) is 0 Å². The third kappa shape index (κ3) is 6.50. The zero-order valence-corrected chi connectivity index (χ0v) is 20.9. The number of carbonyl (C=O) groups excluding carboxylic acids is 1. The molecule has 182 valence electrons. The highest BCUT2D eigenvalue weighted by atomic mass is 16.5. The molecule has 0 spiro atoms. The van der Waals surface area contributed by atoms with E-state index in [1.165, 1.54) is 11.1 Å². The van der Waals surface area contributed by atoms with Gasteiger partial charge >= 0.3 is 6.03 Å². The summed E-state index contributed by atoms with van der Waals surface area (Å²) < 4.78 is 6.03. The lowest BCUT2D eigenvalue weighted by Gasteiger charge is -2.37. The highest BCUT2D eigenvalue weighted by molar-refractivity contribution is 5.92. The summed E-state index contributed by atoms with van der Waals surface area (Å²) in [5.41, 5.74) is 3.37. The first-order valence-corrected chi connectivity index (χ1v) is 12.4. The molecule has 5 heteroatoms. The molecule has 1 aromatic heterocycles. The van der Waals surface area contributed by atoms with E-state index in [2.05, 4.69) is 37.0 Å². The number of aromatic nitrogens is 1. The Labute approximate surface area is 209 Å². The molecule has 0 unspecified atom stereocenters. The SMILES string of the molecule is CC(C)=CCN(C(=O)N(C)C1CCC(c2ccncc2)CC1)c1cccc(Oc2ccccc2)c1. The average Bonchev–Trinajstić information content (AvgIpc) is 2.89. The molecule has 0 N–H and O–H groups in total. The largest absolute Gasteiger partial charge is 0.457 e. The second-order valence-electron chi connectivity index (χ2n) is 9.48. The minimum absolute atomic E-state index is 0.0201.